The minimum Gasteiger partial charge on any atom is -0.478 e. The Kier molecular flexibility index (Phi) is 3.08. The van der Waals surface area contributed by atoms with Gasteiger partial charge < -0.3 is 14.8 Å². The van der Waals surface area contributed by atoms with Gasteiger partial charge in [-0.05, 0) is 6.07 Å². The van der Waals surface area contributed by atoms with Crippen LogP contribution in [0.1, 0.15) is 30.0 Å². The van der Waals surface area contributed by atoms with Crippen LogP contribution in [-0.4, -0.2) is 17.1 Å². The number of furan rings is 1. The third-order valence-corrected chi connectivity index (χ3v) is 1.65. The fourth-order valence-electron chi connectivity index (χ4n) is 0.965. The summed E-state index contributed by atoms with van der Waals surface area (Å²) in [6.07, 6.45) is 1.39. The number of hydrogen-bond donors (Lipinski definition) is 2. The molecule has 72 valence electrons. The van der Waals surface area contributed by atoms with Crippen molar-refractivity contribution in [3.63, 3.8) is 0 Å². The lowest BCUT2D eigenvalue weighted by Gasteiger charge is -2.05. The van der Waals surface area contributed by atoms with Crippen LogP contribution in [0.15, 0.2) is 16.7 Å². The highest BCUT2D eigenvalue weighted by molar-refractivity contribution is 5.88. The summed E-state index contributed by atoms with van der Waals surface area (Å²) in [4.78, 5) is 10.6. The summed E-state index contributed by atoms with van der Waals surface area (Å²) in [6, 6.07) is 1.77. The van der Waals surface area contributed by atoms with E-state index in [1.54, 1.807) is 0 Å². The lowest BCUT2D eigenvalue weighted by Crippen LogP contribution is -2.22. The summed E-state index contributed by atoms with van der Waals surface area (Å²) in [5, 5.41) is 11.8. The smallest absolute Gasteiger partial charge is 0.339 e. The van der Waals surface area contributed by atoms with Gasteiger partial charge in [0.25, 0.3) is 0 Å². The molecule has 0 saturated heterocycles. The van der Waals surface area contributed by atoms with Crippen molar-refractivity contribution in [2.24, 2.45) is 0 Å². The second-order valence-corrected chi connectivity index (χ2v) is 3.10. The molecule has 13 heavy (non-hydrogen) atoms. The van der Waals surface area contributed by atoms with Crippen molar-refractivity contribution < 1.29 is 14.3 Å². The summed E-state index contributed by atoms with van der Waals surface area (Å²) in [7, 11) is 0. The lowest BCUT2D eigenvalue weighted by atomic mass is 10.2. The first kappa shape index (κ1) is 9.80. The Morgan fingerprint density at radius 2 is 2.38 bits per heavy atom. The summed E-state index contributed by atoms with van der Waals surface area (Å²) in [5.41, 5.74) is 0.230. The van der Waals surface area contributed by atoms with Crippen molar-refractivity contribution >= 4 is 5.97 Å². The van der Waals surface area contributed by atoms with Gasteiger partial charge >= 0.3 is 5.97 Å². The molecule has 0 fully saturated rings. The number of hydrogen-bond acceptors (Lipinski definition) is 3. The van der Waals surface area contributed by atoms with Crippen LogP contribution in [0.2, 0.25) is 0 Å². The van der Waals surface area contributed by atoms with E-state index in [1.807, 2.05) is 13.8 Å². The second kappa shape index (κ2) is 4.09. The zero-order valence-electron chi connectivity index (χ0n) is 7.70. The SMILES string of the molecule is CC(C)NCc1occc1C(=O)O. The maximum atomic E-state index is 10.6. The van der Waals surface area contributed by atoms with Crippen LogP contribution in [0, 0.1) is 0 Å². The summed E-state index contributed by atoms with van der Waals surface area (Å²) >= 11 is 0. The molecular weight excluding hydrogens is 170 g/mol. The molecule has 0 unspecified atom stereocenters. The molecule has 1 aromatic heterocycles. The molecule has 1 aromatic rings. The minimum absolute atomic E-state index is 0.230. The van der Waals surface area contributed by atoms with Crippen LogP contribution in [0.3, 0.4) is 0 Å². The molecule has 0 aromatic carbocycles. The maximum absolute atomic E-state index is 10.6. The first-order valence-electron chi connectivity index (χ1n) is 4.14. The van der Waals surface area contributed by atoms with Crippen LogP contribution in [0.4, 0.5) is 0 Å². The molecule has 2 N–H and O–H groups in total. The van der Waals surface area contributed by atoms with E-state index in [0.29, 0.717) is 18.3 Å². The van der Waals surface area contributed by atoms with Gasteiger partial charge in [0.2, 0.25) is 0 Å². The molecule has 0 aliphatic carbocycles. The minimum atomic E-state index is -0.950. The van der Waals surface area contributed by atoms with Gasteiger partial charge in [0.1, 0.15) is 11.3 Å². The molecule has 4 nitrogen and oxygen atoms in total. The highest BCUT2D eigenvalue weighted by atomic mass is 16.4. The first-order valence-corrected chi connectivity index (χ1v) is 4.14. The van der Waals surface area contributed by atoms with Gasteiger partial charge in [-0.3, -0.25) is 0 Å². The van der Waals surface area contributed by atoms with Crippen LogP contribution < -0.4 is 5.32 Å². The standard InChI is InChI=1S/C9H13NO3/c1-6(2)10-5-8-7(9(11)12)3-4-13-8/h3-4,6,10H,5H2,1-2H3,(H,11,12). The van der Waals surface area contributed by atoms with Crippen molar-refractivity contribution in [2.45, 2.75) is 26.4 Å². The van der Waals surface area contributed by atoms with E-state index in [2.05, 4.69) is 5.32 Å². The van der Waals surface area contributed by atoms with Crippen LogP contribution >= 0.6 is 0 Å². The van der Waals surface area contributed by atoms with E-state index < -0.39 is 5.97 Å². The molecule has 0 aliphatic heterocycles. The van der Waals surface area contributed by atoms with Gasteiger partial charge in [-0.1, -0.05) is 13.8 Å². The predicted molar refractivity (Wildman–Crippen MR) is 47.6 cm³/mol. The second-order valence-electron chi connectivity index (χ2n) is 3.10. The molecule has 1 heterocycles. The third-order valence-electron chi connectivity index (χ3n) is 1.65. The Hall–Kier alpha value is -1.29. The normalized spacial score (nSPS) is 10.7. The summed E-state index contributed by atoms with van der Waals surface area (Å²) in [6.45, 7) is 4.43. The van der Waals surface area contributed by atoms with E-state index in [0.717, 1.165) is 0 Å². The van der Waals surface area contributed by atoms with Gasteiger partial charge in [-0.25, -0.2) is 4.79 Å². The Labute approximate surface area is 76.6 Å². The average Bonchev–Trinajstić information content (AvgIpc) is 2.47. The number of carboxylic acid groups (broad SMARTS) is 1. The van der Waals surface area contributed by atoms with E-state index in [-0.39, 0.29) is 5.56 Å². The van der Waals surface area contributed by atoms with Crippen molar-refractivity contribution in [3.05, 3.63) is 23.7 Å². The van der Waals surface area contributed by atoms with E-state index in [4.69, 9.17) is 9.52 Å². The molecule has 0 aliphatic rings. The van der Waals surface area contributed by atoms with Gasteiger partial charge in [0.05, 0.1) is 12.8 Å². The number of carbonyl (C=O) groups is 1. The molecule has 0 saturated carbocycles. The molecular formula is C9H13NO3. The summed E-state index contributed by atoms with van der Waals surface area (Å²) in [5.74, 6) is -0.476. The van der Waals surface area contributed by atoms with Crippen molar-refractivity contribution in [2.75, 3.05) is 0 Å². The van der Waals surface area contributed by atoms with Crippen molar-refractivity contribution in [1.82, 2.24) is 5.32 Å². The predicted octanol–water partition coefficient (Wildman–Crippen LogP) is 1.48. The third kappa shape index (κ3) is 2.59. The highest BCUT2D eigenvalue weighted by Gasteiger charge is 2.12. The van der Waals surface area contributed by atoms with Crippen LogP contribution in [0.5, 0.6) is 0 Å². The topological polar surface area (TPSA) is 62.5 Å². The molecule has 1 rings (SSSR count). The maximum Gasteiger partial charge on any atom is 0.339 e. The number of aromatic carboxylic acids is 1. The Morgan fingerprint density at radius 1 is 1.69 bits per heavy atom. The van der Waals surface area contributed by atoms with E-state index >= 15 is 0 Å². The zero-order chi connectivity index (χ0) is 9.84. The molecule has 0 radical (unpaired) electrons. The molecule has 0 amide bonds. The van der Waals surface area contributed by atoms with Gasteiger partial charge in [0, 0.05) is 6.04 Å². The molecule has 0 bridgehead atoms. The largest absolute Gasteiger partial charge is 0.478 e. The van der Waals surface area contributed by atoms with Crippen LogP contribution in [-0.2, 0) is 6.54 Å². The number of carboxylic acids is 1. The first-order chi connectivity index (χ1) is 6.11. The number of nitrogens with one attached hydrogen (secondary N) is 1. The lowest BCUT2D eigenvalue weighted by molar-refractivity contribution is 0.0694. The van der Waals surface area contributed by atoms with Gasteiger partial charge in [-0.2, -0.15) is 0 Å². The zero-order valence-corrected chi connectivity index (χ0v) is 7.70. The van der Waals surface area contributed by atoms with E-state index in [1.165, 1.54) is 12.3 Å². The Morgan fingerprint density at radius 3 is 2.92 bits per heavy atom. The fourth-order valence-corrected chi connectivity index (χ4v) is 0.965. The van der Waals surface area contributed by atoms with Gasteiger partial charge in [-0.15, -0.1) is 0 Å². The Bertz CT molecular complexity index is 291. The van der Waals surface area contributed by atoms with Crippen LogP contribution in [0.25, 0.3) is 0 Å². The van der Waals surface area contributed by atoms with Crippen molar-refractivity contribution in [3.8, 4) is 0 Å². The average molecular weight is 183 g/mol. The van der Waals surface area contributed by atoms with Crippen molar-refractivity contribution in [1.29, 1.82) is 0 Å². The fraction of sp³-hybridized carbons (Fsp3) is 0.444. The van der Waals surface area contributed by atoms with E-state index in [9.17, 15) is 4.79 Å². The summed E-state index contributed by atoms with van der Waals surface area (Å²) < 4.78 is 5.03. The molecule has 0 spiro atoms. The number of rotatable bonds is 4. The molecule has 0 atom stereocenters. The van der Waals surface area contributed by atoms with Gasteiger partial charge in [0.15, 0.2) is 0 Å². The monoisotopic (exact) mass is 183 g/mol. The molecule has 4 heteroatoms. The Balaban J connectivity index is 2.65. The highest BCUT2D eigenvalue weighted by Crippen LogP contribution is 2.10. The quantitative estimate of drug-likeness (QED) is 0.742.